The van der Waals surface area contributed by atoms with E-state index in [9.17, 15) is 9.18 Å². The third kappa shape index (κ3) is 3.16. The number of hydrogen-bond donors (Lipinski definition) is 1. The maximum atomic E-state index is 13.5. The van der Waals surface area contributed by atoms with Crippen molar-refractivity contribution in [2.24, 2.45) is 11.7 Å². The molecule has 1 aliphatic carbocycles. The van der Waals surface area contributed by atoms with Crippen molar-refractivity contribution in [3.63, 3.8) is 0 Å². The minimum Gasteiger partial charge on any atom is -0.327 e. The summed E-state index contributed by atoms with van der Waals surface area (Å²) in [5.74, 6) is -0.297. The molecule has 1 aliphatic rings. The third-order valence-electron chi connectivity index (χ3n) is 3.81. The fourth-order valence-electron chi connectivity index (χ4n) is 2.70. The summed E-state index contributed by atoms with van der Waals surface area (Å²) < 4.78 is 13.5. The normalized spacial score (nSPS) is 24.6. The molecular formula is C15H20FNO. The minimum absolute atomic E-state index is 0.0493. The van der Waals surface area contributed by atoms with Crippen LogP contribution in [0.4, 0.5) is 4.39 Å². The molecule has 0 radical (unpaired) electrons. The zero-order valence-corrected chi connectivity index (χ0v) is 10.6. The molecule has 2 nitrogen and oxygen atoms in total. The molecular weight excluding hydrogens is 229 g/mol. The van der Waals surface area contributed by atoms with Crippen molar-refractivity contribution in [2.45, 2.75) is 44.6 Å². The Labute approximate surface area is 107 Å². The Kier molecular flexibility index (Phi) is 4.48. The second-order valence-electron chi connectivity index (χ2n) is 5.14. The van der Waals surface area contributed by atoms with Gasteiger partial charge in [-0.1, -0.05) is 37.5 Å². The Bertz CT molecular complexity index is 419. The highest BCUT2D eigenvalue weighted by Gasteiger charge is 2.27. The van der Waals surface area contributed by atoms with Crippen LogP contribution in [0.15, 0.2) is 24.3 Å². The fourth-order valence-corrected chi connectivity index (χ4v) is 2.70. The van der Waals surface area contributed by atoms with Gasteiger partial charge in [-0.15, -0.1) is 0 Å². The lowest BCUT2D eigenvalue weighted by atomic mass is 9.88. The summed E-state index contributed by atoms with van der Waals surface area (Å²) in [6.45, 7) is 0. The van der Waals surface area contributed by atoms with E-state index >= 15 is 0 Å². The van der Waals surface area contributed by atoms with Crippen LogP contribution in [-0.4, -0.2) is 11.8 Å². The van der Waals surface area contributed by atoms with Crippen molar-refractivity contribution >= 4 is 5.78 Å². The highest BCUT2D eigenvalue weighted by atomic mass is 19.1. The first kappa shape index (κ1) is 13.2. The largest absolute Gasteiger partial charge is 0.327 e. The molecule has 0 aliphatic heterocycles. The number of Topliss-reactive ketones (excluding diaryl/α,β-unsaturated/α-hetero) is 1. The predicted octanol–water partition coefficient (Wildman–Crippen LogP) is 2.84. The van der Waals surface area contributed by atoms with Crippen LogP contribution < -0.4 is 5.73 Å². The van der Waals surface area contributed by atoms with Crippen LogP contribution >= 0.6 is 0 Å². The van der Waals surface area contributed by atoms with Gasteiger partial charge in [-0.2, -0.15) is 0 Å². The number of ketones is 1. The first-order valence-corrected chi connectivity index (χ1v) is 6.70. The molecule has 0 amide bonds. The minimum atomic E-state index is -0.298. The molecule has 1 aromatic rings. The SMILES string of the molecule is NC1CCCCCC1C(=O)Cc1ccccc1F. The molecule has 0 aromatic heterocycles. The predicted molar refractivity (Wildman–Crippen MR) is 69.7 cm³/mol. The van der Waals surface area contributed by atoms with Crippen LogP contribution in [0.5, 0.6) is 0 Å². The standard InChI is InChI=1S/C15H20FNO/c16-13-8-5-4-6-11(13)10-15(18)12-7-2-1-3-9-14(12)17/h4-6,8,12,14H,1-3,7,9-10,17H2. The smallest absolute Gasteiger partial charge is 0.141 e. The maximum Gasteiger partial charge on any atom is 0.141 e. The molecule has 1 saturated carbocycles. The first-order chi connectivity index (χ1) is 8.68. The number of rotatable bonds is 3. The summed E-state index contributed by atoms with van der Waals surface area (Å²) in [6.07, 6.45) is 5.25. The fraction of sp³-hybridized carbons (Fsp3) is 0.533. The lowest BCUT2D eigenvalue weighted by Crippen LogP contribution is -2.35. The van der Waals surface area contributed by atoms with Crippen LogP contribution in [0.2, 0.25) is 0 Å². The van der Waals surface area contributed by atoms with Gasteiger partial charge in [0.25, 0.3) is 0 Å². The molecule has 1 aromatic carbocycles. The molecule has 2 rings (SSSR count). The summed E-state index contributed by atoms with van der Waals surface area (Å²) in [4.78, 5) is 12.2. The highest BCUT2D eigenvalue weighted by molar-refractivity contribution is 5.84. The van der Waals surface area contributed by atoms with E-state index in [0.29, 0.717) is 5.56 Å². The molecule has 0 heterocycles. The van der Waals surface area contributed by atoms with Crippen molar-refractivity contribution in [1.82, 2.24) is 0 Å². The van der Waals surface area contributed by atoms with Crippen molar-refractivity contribution in [2.75, 3.05) is 0 Å². The molecule has 3 heteroatoms. The Morgan fingerprint density at radius 3 is 2.72 bits per heavy atom. The lowest BCUT2D eigenvalue weighted by Gasteiger charge is -2.20. The number of halogens is 1. The molecule has 2 unspecified atom stereocenters. The number of hydrogen-bond acceptors (Lipinski definition) is 2. The van der Waals surface area contributed by atoms with Crippen molar-refractivity contribution in [3.8, 4) is 0 Å². The second kappa shape index (κ2) is 6.10. The van der Waals surface area contributed by atoms with Gasteiger partial charge in [0.2, 0.25) is 0 Å². The number of carbonyl (C=O) groups excluding carboxylic acids is 1. The van der Waals surface area contributed by atoms with E-state index < -0.39 is 0 Å². The van der Waals surface area contributed by atoms with Crippen molar-refractivity contribution < 1.29 is 9.18 Å². The van der Waals surface area contributed by atoms with E-state index in [2.05, 4.69) is 0 Å². The van der Waals surface area contributed by atoms with Gasteiger partial charge in [0, 0.05) is 18.4 Å². The van der Waals surface area contributed by atoms with E-state index in [-0.39, 0.29) is 30.0 Å². The monoisotopic (exact) mass is 249 g/mol. The van der Waals surface area contributed by atoms with E-state index in [4.69, 9.17) is 5.73 Å². The van der Waals surface area contributed by atoms with Crippen molar-refractivity contribution in [3.05, 3.63) is 35.6 Å². The van der Waals surface area contributed by atoms with Crippen LogP contribution in [-0.2, 0) is 11.2 Å². The van der Waals surface area contributed by atoms with Gasteiger partial charge in [0.15, 0.2) is 0 Å². The van der Waals surface area contributed by atoms with Crippen LogP contribution in [0.3, 0.4) is 0 Å². The zero-order valence-electron chi connectivity index (χ0n) is 10.6. The second-order valence-corrected chi connectivity index (χ2v) is 5.14. The Morgan fingerprint density at radius 1 is 1.22 bits per heavy atom. The molecule has 2 atom stereocenters. The molecule has 0 spiro atoms. The summed E-state index contributed by atoms with van der Waals surface area (Å²) in [6, 6.07) is 6.43. The number of benzene rings is 1. The highest BCUT2D eigenvalue weighted by Crippen LogP contribution is 2.24. The van der Waals surface area contributed by atoms with Gasteiger partial charge in [-0.05, 0) is 24.5 Å². The van der Waals surface area contributed by atoms with E-state index in [1.807, 2.05) is 0 Å². The summed E-state index contributed by atoms with van der Waals surface area (Å²) in [5, 5.41) is 0. The van der Waals surface area contributed by atoms with Gasteiger partial charge in [-0.3, -0.25) is 4.79 Å². The van der Waals surface area contributed by atoms with Gasteiger partial charge in [0.05, 0.1) is 0 Å². The molecule has 1 fully saturated rings. The molecule has 0 bridgehead atoms. The zero-order chi connectivity index (χ0) is 13.0. The molecule has 98 valence electrons. The quantitative estimate of drug-likeness (QED) is 0.837. The van der Waals surface area contributed by atoms with Gasteiger partial charge in [-0.25, -0.2) is 4.39 Å². The van der Waals surface area contributed by atoms with Crippen LogP contribution in [0.1, 0.15) is 37.7 Å². The Morgan fingerprint density at radius 2 is 1.94 bits per heavy atom. The van der Waals surface area contributed by atoms with Crippen LogP contribution in [0, 0.1) is 11.7 Å². The molecule has 18 heavy (non-hydrogen) atoms. The average molecular weight is 249 g/mol. The number of nitrogens with two attached hydrogens (primary N) is 1. The first-order valence-electron chi connectivity index (χ1n) is 6.70. The molecule has 0 saturated heterocycles. The van der Waals surface area contributed by atoms with Gasteiger partial charge in [0.1, 0.15) is 11.6 Å². The van der Waals surface area contributed by atoms with E-state index in [0.717, 1.165) is 32.1 Å². The number of carbonyl (C=O) groups is 1. The summed E-state index contributed by atoms with van der Waals surface area (Å²) in [5.41, 5.74) is 6.54. The van der Waals surface area contributed by atoms with Crippen molar-refractivity contribution in [1.29, 1.82) is 0 Å². The molecule has 2 N–H and O–H groups in total. The van der Waals surface area contributed by atoms with Gasteiger partial charge >= 0.3 is 0 Å². The van der Waals surface area contributed by atoms with Crippen LogP contribution in [0.25, 0.3) is 0 Å². The third-order valence-corrected chi connectivity index (χ3v) is 3.81. The summed E-state index contributed by atoms with van der Waals surface area (Å²) >= 11 is 0. The van der Waals surface area contributed by atoms with E-state index in [1.54, 1.807) is 18.2 Å². The average Bonchev–Trinajstić information content (AvgIpc) is 2.57. The van der Waals surface area contributed by atoms with Gasteiger partial charge < -0.3 is 5.73 Å². The Hall–Kier alpha value is -1.22. The maximum absolute atomic E-state index is 13.5. The summed E-state index contributed by atoms with van der Waals surface area (Å²) in [7, 11) is 0. The topological polar surface area (TPSA) is 43.1 Å². The lowest BCUT2D eigenvalue weighted by molar-refractivity contribution is -0.123. The Balaban J connectivity index is 2.04. The van der Waals surface area contributed by atoms with E-state index in [1.165, 1.54) is 6.07 Å².